The number of hydrogen-bond acceptors (Lipinski definition) is 3. The fourth-order valence-electron chi connectivity index (χ4n) is 2.40. The van der Waals surface area contributed by atoms with E-state index in [4.69, 9.17) is 5.73 Å². The van der Waals surface area contributed by atoms with E-state index in [-0.39, 0.29) is 12.4 Å². The van der Waals surface area contributed by atoms with Crippen molar-refractivity contribution < 1.29 is 4.39 Å². The van der Waals surface area contributed by atoms with Crippen LogP contribution in [0, 0.1) is 11.7 Å². The quantitative estimate of drug-likeness (QED) is 0.877. The summed E-state index contributed by atoms with van der Waals surface area (Å²) in [6, 6.07) is 1.65. The number of nitrogens with two attached hydrogens (primary N) is 1. The van der Waals surface area contributed by atoms with Gasteiger partial charge in [-0.05, 0) is 24.8 Å². The molecule has 2 heterocycles. The van der Waals surface area contributed by atoms with Gasteiger partial charge in [0.1, 0.15) is 0 Å². The van der Waals surface area contributed by atoms with Crippen molar-refractivity contribution in [1.29, 1.82) is 0 Å². The summed E-state index contributed by atoms with van der Waals surface area (Å²) in [5.74, 6) is 1.01. The van der Waals surface area contributed by atoms with E-state index in [1.165, 1.54) is 6.42 Å². The van der Waals surface area contributed by atoms with Gasteiger partial charge in [-0.15, -0.1) is 0 Å². The summed E-state index contributed by atoms with van der Waals surface area (Å²) < 4.78 is 14.1. The standard InChI is InChI=1S/C13H20FN3/c1-2-10-4-7-17(8-5-10)13-12(14)11(9-15)3-6-16-13/h3,6,10H,2,4-5,7-9,15H2,1H3. The summed E-state index contributed by atoms with van der Waals surface area (Å²) in [7, 11) is 0. The minimum atomic E-state index is -0.245. The van der Waals surface area contributed by atoms with Crippen LogP contribution in [0.4, 0.5) is 10.2 Å². The van der Waals surface area contributed by atoms with Crippen LogP contribution < -0.4 is 10.6 Å². The second kappa shape index (κ2) is 5.45. The molecule has 1 aliphatic rings. The van der Waals surface area contributed by atoms with Crippen molar-refractivity contribution in [3.63, 3.8) is 0 Å². The molecule has 1 aliphatic heterocycles. The Morgan fingerprint density at radius 3 is 2.76 bits per heavy atom. The molecule has 0 amide bonds. The number of anilines is 1. The lowest BCUT2D eigenvalue weighted by Crippen LogP contribution is -2.34. The molecule has 4 heteroatoms. The van der Waals surface area contributed by atoms with Gasteiger partial charge in [-0.2, -0.15) is 0 Å². The molecule has 3 nitrogen and oxygen atoms in total. The molecule has 0 bridgehead atoms. The summed E-state index contributed by atoms with van der Waals surface area (Å²) in [6.45, 7) is 4.24. The van der Waals surface area contributed by atoms with Gasteiger partial charge in [0.05, 0.1) is 0 Å². The molecule has 0 aromatic carbocycles. The minimum Gasteiger partial charge on any atom is -0.354 e. The highest BCUT2D eigenvalue weighted by Gasteiger charge is 2.21. The molecule has 1 aromatic rings. The van der Waals surface area contributed by atoms with E-state index in [1.807, 2.05) is 4.90 Å². The molecular formula is C13H20FN3. The van der Waals surface area contributed by atoms with Crippen molar-refractivity contribution in [2.45, 2.75) is 32.7 Å². The van der Waals surface area contributed by atoms with E-state index >= 15 is 0 Å². The van der Waals surface area contributed by atoms with E-state index in [1.54, 1.807) is 12.3 Å². The molecule has 0 spiro atoms. The van der Waals surface area contributed by atoms with E-state index < -0.39 is 0 Å². The molecule has 1 fully saturated rings. The van der Waals surface area contributed by atoms with Gasteiger partial charge in [-0.3, -0.25) is 0 Å². The van der Waals surface area contributed by atoms with Gasteiger partial charge in [0.25, 0.3) is 0 Å². The van der Waals surface area contributed by atoms with Crippen molar-refractivity contribution in [1.82, 2.24) is 4.98 Å². The number of halogens is 1. The van der Waals surface area contributed by atoms with E-state index in [2.05, 4.69) is 11.9 Å². The monoisotopic (exact) mass is 237 g/mol. The van der Waals surface area contributed by atoms with Crippen LogP contribution >= 0.6 is 0 Å². The third kappa shape index (κ3) is 2.57. The normalized spacial score (nSPS) is 17.5. The van der Waals surface area contributed by atoms with Gasteiger partial charge in [-0.1, -0.05) is 13.3 Å². The number of piperidine rings is 1. The third-order valence-electron chi connectivity index (χ3n) is 3.66. The minimum absolute atomic E-state index is 0.229. The van der Waals surface area contributed by atoms with Crippen molar-refractivity contribution in [2.24, 2.45) is 11.7 Å². The van der Waals surface area contributed by atoms with Crippen molar-refractivity contribution >= 4 is 5.82 Å². The first-order chi connectivity index (χ1) is 8.26. The molecular weight excluding hydrogens is 217 g/mol. The Morgan fingerprint density at radius 1 is 1.47 bits per heavy atom. The second-order valence-electron chi connectivity index (χ2n) is 4.65. The first-order valence-electron chi connectivity index (χ1n) is 6.34. The average molecular weight is 237 g/mol. The molecule has 0 radical (unpaired) electrons. The lowest BCUT2D eigenvalue weighted by Gasteiger charge is -2.32. The molecule has 1 aromatic heterocycles. The van der Waals surface area contributed by atoms with Gasteiger partial charge < -0.3 is 10.6 Å². The highest BCUT2D eigenvalue weighted by Crippen LogP contribution is 2.26. The number of pyridine rings is 1. The zero-order chi connectivity index (χ0) is 12.3. The summed E-state index contributed by atoms with van der Waals surface area (Å²) in [5, 5.41) is 0. The van der Waals surface area contributed by atoms with Crippen molar-refractivity contribution in [3.05, 3.63) is 23.6 Å². The number of nitrogens with zero attached hydrogens (tertiary/aromatic N) is 2. The molecule has 2 N–H and O–H groups in total. The molecule has 2 rings (SSSR count). The summed E-state index contributed by atoms with van der Waals surface area (Å²) in [6.07, 6.45) is 5.12. The molecule has 17 heavy (non-hydrogen) atoms. The maximum Gasteiger partial charge on any atom is 0.170 e. The zero-order valence-corrected chi connectivity index (χ0v) is 10.3. The van der Waals surface area contributed by atoms with Crippen LogP contribution in [0.2, 0.25) is 0 Å². The zero-order valence-electron chi connectivity index (χ0n) is 10.3. The maximum absolute atomic E-state index is 14.1. The Morgan fingerprint density at radius 2 is 2.18 bits per heavy atom. The van der Waals surface area contributed by atoms with Crippen LogP contribution in [0.3, 0.4) is 0 Å². The van der Waals surface area contributed by atoms with Gasteiger partial charge in [0.2, 0.25) is 0 Å². The van der Waals surface area contributed by atoms with Crippen LogP contribution in [0.1, 0.15) is 31.7 Å². The Hall–Kier alpha value is -1.16. The van der Waals surface area contributed by atoms with E-state index in [0.717, 1.165) is 31.8 Å². The van der Waals surface area contributed by atoms with Crippen LogP contribution in [0.25, 0.3) is 0 Å². The van der Waals surface area contributed by atoms with E-state index in [0.29, 0.717) is 11.4 Å². The molecule has 1 saturated heterocycles. The first kappa shape index (κ1) is 12.3. The topological polar surface area (TPSA) is 42.2 Å². The average Bonchev–Trinajstić information content (AvgIpc) is 2.39. The van der Waals surface area contributed by atoms with E-state index in [9.17, 15) is 4.39 Å². The molecule has 0 aliphatic carbocycles. The third-order valence-corrected chi connectivity index (χ3v) is 3.66. The Bertz CT molecular complexity index is 373. The molecule has 0 saturated carbocycles. The molecule has 0 atom stereocenters. The SMILES string of the molecule is CCC1CCN(c2nccc(CN)c2F)CC1. The van der Waals surface area contributed by atoms with Crippen molar-refractivity contribution in [2.75, 3.05) is 18.0 Å². The Balaban J connectivity index is 2.13. The van der Waals surface area contributed by atoms with Crippen LogP contribution in [-0.2, 0) is 6.54 Å². The Labute approximate surface area is 102 Å². The van der Waals surface area contributed by atoms with Crippen LogP contribution in [0.15, 0.2) is 12.3 Å². The highest BCUT2D eigenvalue weighted by atomic mass is 19.1. The smallest absolute Gasteiger partial charge is 0.170 e. The lowest BCUT2D eigenvalue weighted by atomic mass is 9.94. The van der Waals surface area contributed by atoms with Gasteiger partial charge >= 0.3 is 0 Å². The number of aromatic nitrogens is 1. The fourth-order valence-corrected chi connectivity index (χ4v) is 2.40. The summed E-state index contributed by atoms with van der Waals surface area (Å²) >= 11 is 0. The maximum atomic E-state index is 14.1. The Kier molecular flexibility index (Phi) is 3.94. The lowest BCUT2D eigenvalue weighted by molar-refractivity contribution is 0.390. The van der Waals surface area contributed by atoms with Gasteiger partial charge in [-0.25, -0.2) is 9.37 Å². The predicted molar refractivity (Wildman–Crippen MR) is 67.3 cm³/mol. The first-order valence-corrected chi connectivity index (χ1v) is 6.34. The largest absolute Gasteiger partial charge is 0.354 e. The summed E-state index contributed by atoms with van der Waals surface area (Å²) in [5.41, 5.74) is 6.06. The summed E-state index contributed by atoms with van der Waals surface area (Å²) in [4.78, 5) is 6.20. The molecule has 94 valence electrons. The number of hydrogen-bond donors (Lipinski definition) is 1. The van der Waals surface area contributed by atoms with Gasteiger partial charge in [0, 0.05) is 31.4 Å². The number of rotatable bonds is 3. The van der Waals surface area contributed by atoms with Crippen LogP contribution in [0.5, 0.6) is 0 Å². The predicted octanol–water partition coefficient (Wildman–Crippen LogP) is 2.31. The van der Waals surface area contributed by atoms with Crippen molar-refractivity contribution in [3.8, 4) is 0 Å². The fraction of sp³-hybridized carbons (Fsp3) is 0.615. The van der Waals surface area contributed by atoms with Gasteiger partial charge in [0.15, 0.2) is 11.6 Å². The van der Waals surface area contributed by atoms with Crippen LogP contribution in [-0.4, -0.2) is 18.1 Å². The molecule has 0 unspecified atom stereocenters. The highest BCUT2D eigenvalue weighted by molar-refractivity contribution is 5.43. The second-order valence-corrected chi connectivity index (χ2v) is 4.65.